The topological polar surface area (TPSA) is 68.5 Å². The summed E-state index contributed by atoms with van der Waals surface area (Å²) in [4.78, 5) is 23.6. The van der Waals surface area contributed by atoms with E-state index in [4.69, 9.17) is 4.74 Å². The highest BCUT2D eigenvalue weighted by molar-refractivity contribution is 6.12. The summed E-state index contributed by atoms with van der Waals surface area (Å²) in [7, 11) is 0. The minimum absolute atomic E-state index is 0.128. The summed E-state index contributed by atoms with van der Waals surface area (Å²) in [6, 6.07) is 3.20. The smallest absolute Gasteiger partial charge is 0.340 e. The fourth-order valence-electron chi connectivity index (χ4n) is 2.67. The number of aryl methyl sites for hydroxylation is 1. The maximum atomic E-state index is 12.2. The van der Waals surface area contributed by atoms with Gasteiger partial charge < -0.3 is 14.4 Å². The molecule has 1 N–H and O–H groups in total. The molecule has 1 aromatic carbocycles. The van der Waals surface area contributed by atoms with E-state index in [1.807, 2.05) is 18.4 Å². The Balaban J connectivity index is 2.87. The average molecular weight is 289 g/mol. The van der Waals surface area contributed by atoms with Crippen LogP contribution in [0.1, 0.15) is 46.7 Å². The molecule has 0 saturated heterocycles. The van der Waals surface area contributed by atoms with Crippen LogP contribution in [0.2, 0.25) is 0 Å². The third-order valence-electron chi connectivity index (χ3n) is 3.55. The number of carbonyl (C=O) groups excluding carboxylic acids is 2. The predicted molar refractivity (Wildman–Crippen MR) is 80.0 cm³/mol. The summed E-state index contributed by atoms with van der Waals surface area (Å²) in [5, 5.41) is 10.3. The summed E-state index contributed by atoms with van der Waals surface area (Å²) >= 11 is 0. The molecule has 1 heterocycles. The lowest BCUT2D eigenvalue weighted by atomic mass is 10.0. The Kier molecular flexibility index (Phi) is 4.31. The van der Waals surface area contributed by atoms with Crippen molar-refractivity contribution in [1.82, 2.24) is 4.57 Å². The van der Waals surface area contributed by atoms with Crippen LogP contribution in [-0.2, 0) is 11.3 Å². The van der Waals surface area contributed by atoms with E-state index in [0.29, 0.717) is 17.2 Å². The zero-order valence-corrected chi connectivity index (χ0v) is 12.5. The SMILES string of the molecule is CCCn1c(C)c(C(=O)OCC)c2c(C=O)c(O)ccc21. The maximum absolute atomic E-state index is 12.2. The lowest BCUT2D eigenvalue weighted by molar-refractivity contribution is 0.0527. The lowest BCUT2D eigenvalue weighted by Crippen LogP contribution is -2.08. The van der Waals surface area contributed by atoms with Crippen molar-refractivity contribution in [3.05, 3.63) is 29.0 Å². The van der Waals surface area contributed by atoms with Gasteiger partial charge in [0.25, 0.3) is 0 Å². The number of esters is 1. The number of ether oxygens (including phenoxy) is 1. The lowest BCUT2D eigenvalue weighted by Gasteiger charge is -2.06. The molecule has 2 rings (SSSR count). The molecule has 0 fully saturated rings. The van der Waals surface area contributed by atoms with E-state index in [0.717, 1.165) is 24.2 Å². The van der Waals surface area contributed by atoms with Gasteiger partial charge in [-0.3, -0.25) is 4.79 Å². The number of benzene rings is 1. The van der Waals surface area contributed by atoms with Gasteiger partial charge in [0, 0.05) is 17.6 Å². The highest BCUT2D eigenvalue weighted by Gasteiger charge is 2.24. The van der Waals surface area contributed by atoms with E-state index in [1.165, 1.54) is 6.07 Å². The number of aldehydes is 1. The Morgan fingerprint density at radius 2 is 2.10 bits per heavy atom. The van der Waals surface area contributed by atoms with Gasteiger partial charge in [-0.2, -0.15) is 0 Å². The first-order chi connectivity index (χ1) is 10.1. The van der Waals surface area contributed by atoms with E-state index in [9.17, 15) is 14.7 Å². The van der Waals surface area contributed by atoms with Gasteiger partial charge in [-0.05, 0) is 32.4 Å². The molecule has 0 aliphatic carbocycles. The maximum Gasteiger partial charge on any atom is 0.340 e. The second-order valence-electron chi connectivity index (χ2n) is 4.84. The number of nitrogens with zero attached hydrogens (tertiary/aromatic N) is 1. The molecule has 0 atom stereocenters. The van der Waals surface area contributed by atoms with Crippen molar-refractivity contribution in [2.75, 3.05) is 6.61 Å². The van der Waals surface area contributed by atoms with Gasteiger partial charge in [-0.25, -0.2) is 4.79 Å². The van der Waals surface area contributed by atoms with Crippen LogP contribution in [0.25, 0.3) is 10.9 Å². The first-order valence-electron chi connectivity index (χ1n) is 7.03. The minimum atomic E-state index is -0.469. The summed E-state index contributed by atoms with van der Waals surface area (Å²) in [5.41, 5.74) is 2.00. The highest BCUT2D eigenvalue weighted by atomic mass is 16.5. The van der Waals surface area contributed by atoms with Gasteiger partial charge in [-0.15, -0.1) is 0 Å². The van der Waals surface area contributed by atoms with E-state index in [2.05, 4.69) is 0 Å². The van der Waals surface area contributed by atoms with Gasteiger partial charge in [0.2, 0.25) is 0 Å². The fourth-order valence-corrected chi connectivity index (χ4v) is 2.67. The molecule has 5 nitrogen and oxygen atoms in total. The third kappa shape index (κ3) is 2.39. The zero-order valence-electron chi connectivity index (χ0n) is 12.5. The standard InChI is InChI=1S/C16H19NO4/c1-4-8-17-10(3)14(16(20)21-5-2)15-11(9-18)13(19)7-6-12(15)17/h6-7,9,19H,4-5,8H2,1-3H3. The van der Waals surface area contributed by atoms with Crippen LogP contribution in [0.15, 0.2) is 12.1 Å². The molecule has 0 saturated carbocycles. The summed E-state index contributed by atoms with van der Waals surface area (Å²) < 4.78 is 7.08. The Hall–Kier alpha value is -2.30. The molecule has 0 unspecified atom stereocenters. The Bertz CT molecular complexity index is 700. The molecule has 5 heteroatoms. The number of aromatic hydroxyl groups is 1. The van der Waals surface area contributed by atoms with Crippen molar-refractivity contribution >= 4 is 23.2 Å². The van der Waals surface area contributed by atoms with Crippen LogP contribution in [-0.4, -0.2) is 28.5 Å². The van der Waals surface area contributed by atoms with Gasteiger partial charge >= 0.3 is 5.97 Å². The van der Waals surface area contributed by atoms with Gasteiger partial charge in [0.05, 0.1) is 23.3 Å². The molecule has 21 heavy (non-hydrogen) atoms. The van der Waals surface area contributed by atoms with Crippen LogP contribution >= 0.6 is 0 Å². The molecule has 0 aliphatic heterocycles. The van der Waals surface area contributed by atoms with Crippen LogP contribution in [0.3, 0.4) is 0 Å². The van der Waals surface area contributed by atoms with E-state index in [-0.39, 0.29) is 17.9 Å². The molecule has 0 spiro atoms. The molecule has 0 radical (unpaired) electrons. The van der Waals surface area contributed by atoms with Crippen LogP contribution in [0.4, 0.5) is 0 Å². The quantitative estimate of drug-likeness (QED) is 0.678. The van der Waals surface area contributed by atoms with Gasteiger partial charge in [-0.1, -0.05) is 6.92 Å². The fraction of sp³-hybridized carbons (Fsp3) is 0.375. The Morgan fingerprint density at radius 1 is 1.38 bits per heavy atom. The number of aromatic nitrogens is 1. The van der Waals surface area contributed by atoms with Crippen LogP contribution < -0.4 is 0 Å². The van der Waals surface area contributed by atoms with Crippen molar-refractivity contribution in [1.29, 1.82) is 0 Å². The molecular weight excluding hydrogens is 270 g/mol. The number of fused-ring (bicyclic) bond motifs is 1. The summed E-state index contributed by atoms with van der Waals surface area (Å²) in [6.07, 6.45) is 1.47. The largest absolute Gasteiger partial charge is 0.507 e. The molecular formula is C16H19NO4. The normalized spacial score (nSPS) is 10.8. The van der Waals surface area contributed by atoms with Crippen molar-refractivity contribution in [2.45, 2.75) is 33.7 Å². The predicted octanol–water partition coefficient (Wildman–Crippen LogP) is 3.05. The monoisotopic (exact) mass is 289 g/mol. The number of phenolic OH excluding ortho intramolecular Hbond substituents is 1. The number of rotatable bonds is 5. The Labute approximate surface area is 123 Å². The summed E-state index contributed by atoms with van der Waals surface area (Å²) in [6.45, 7) is 6.58. The van der Waals surface area contributed by atoms with Crippen molar-refractivity contribution in [3.8, 4) is 5.75 Å². The van der Waals surface area contributed by atoms with Crippen molar-refractivity contribution in [3.63, 3.8) is 0 Å². The van der Waals surface area contributed by atoms with Gasteiger partial charge in [0.1, 0.15) is 5.75 Å². The second kappa shape index (κ2) is 5.99. The highest BCUT2D eigenvalue weighted by Crippen LogP contribution is 2.33. The minimum Gasteiger partial charge on any atom is -0.507 e. The number of phenols is 1. The number of carbonyl (C=O) groups is 2. The Morgan fingerprint density at radius 3 is 2.67 bits per heavy atom. The van der Waals surface area contributed by atoms with E-state index in [1.54, 1.807) is 13.0 Å². The molecule has 0 amide bonds. The van der Waals surface area contributed by atoms with Gasteiger partial charge in [0.15, 0.2) is 6.29 Å². The third-order valence-corrected chi connectivity index (χ3v) is 3.55. The van der Waals surface area contributed by atoms with E-state index >= 15 is 0 Å². The number of hydrogen-bond acceptors (Lipinski definition) is 4. The first-order valence-corrected chi connectivity index (χ1v) is 7.03. The molecule has 1 aromatic heterocycles. The van der Waals surface area contributed by atoms with Crippen molar-refractivity contribution in [2.24, 2.45) is 0 Å². The second-order valence-corrected chi connectivity index (χ2v) is 4.84. The van der Waals surface area contributed by atoms with Crippen LogP contribution in [0.5, 0.6) is 5.75 Å². The zero-order chi connectivity index (χ0) is 15.6. The molecule has 2 aromatic rings. The summed E-state index contributed by atoms with van der Waals surface area (Å²) in [5.74, 6) is -0.597. The number of hydrogen-bond donors (Lipinski definition) is 1. The first kappa shape index (κ1) is 15.1. The molecule has 112 valence electrons. The van der Waals surface area contributed by atoms with Crippen LogP contribution in [0, 0.1) is 6.92 Å². The molecule has 0 bridgehead atoms. The average Bonchev–Trinajstić information content (AvgIpc) is 2.72. The molecule has 0 aliphatic rings. The van der Waals surface area contributed by atoms with Crippen molar-refractivity contribution < 1.29 is 19.4 Å². The van der Waals surface area contributed by atoms with E-state index < -0.39 is 5.97 Å².